The highest BCUT2D eigenvalue weighted by Gasteiger charge is 2.06. The number of rotatable bonds is 4. The van der Waals surface area contributed by atoms with Gasteiger partial charge in [-0.25, -0.2) is 4.98 Å². The summed E-state index contributed by atoms with van der Waals surface area (Å²) in [5.74, 6) is 0.475. The molecule has 2 rings (SSSR count). The van der Waals surface area contributed by atoms with E-state index in [9.17, 15) is 0 Å². The summed E-state index contributed by atoms with van der Waals surface area (Å²) in [4.78, 5) is 8.40. The second-order valence-corrected chi connectivity index (χ2v) is 3.78. The number of ether oxygens (including phenoxy) is 1. The molecule has 0 aliphatic carbocycles. The molecular formula is C11H15N5O. The van der Waals surface area contributed by atoms with Crippen LogP contribution in [0.25, 0.3) is 0 Å². The third-order valence-corrected chi connectivity index (χ3v) is 2.30. The summed E-state index contributed by atoms with van der Waals surface area (Å²) >= 11 is 0. The topological polar surface area (TPSA) is 75.7 Å². The lowest BCUT2D eigenvalue weighted by atomic mass is 10.2. The van der Waals surface area contributed by atoms with Crippen LogP contribution < -0.4 is 10.1 Å². The normalized spacial score (nSPS) is 10.5. The molecule has 0 bridgehead atoms. The molecule has 2 aromatic rings. The SMILES string of the molecule is CNCc1cnc(Oc2cc(C)[nH]n2)nc1C. The second kappa shape index (κ2) is 4.92. The lowest BCUT2D eigenvalue weighted by Gasteiger charge is -2.05. The van der Waals surface area contributed by atoms with E-state index >= 15 is 0 Å². The Bertz CT molecular complexity index is 508. The van der Waals surface area contributed by atoms with Gasteiger partial charge in [-0.15, -0.1) is 5.10 Å². The Hall–Kier alpha value is -1.95. The summed E-state index contributed by atoms with van der Waals surface area (Å²) in [5.41, 5.74) is 2.89. The molecule has 6 heteroatoms. The van der Waals surface area contributed by atoms with E-state index in [1.807, 2.05) is 20.9 Å². The first-order valence-electron chi connectivity index (χ1n) is 5.36. The maximum atomic E-state index is 5.43. The Balaban J connectivity index is 2.14. The minimum Gasteiger partial charge on any atom is -0.404 e. The molecule has 6 nitrogen and oxygen atoms in total. The van der Waals surface area contributed by atoms with Crippen LogP contribution >= 0.6 is 0 Å². The van der Waals surface area contributed by atoms with Crippen LogP contribution in [0.2, 0.25) is 0 Å². The molecule has 0 unspecified atom stereocenters. The van der Waals surface area contributed by atoms with Crippen LogP contribution in [0.1, 0.15) is 17.0 Å². The minimum atomic E-state index is 0.314. The third kappa shape index (κ3) is 2.79. The highest BCUT2D eigenvalue weighted by Crippen LogP contribution is 2.16. The molecule has 0 fully saturated rings. The number of H-pyrrole nitrogens is 1. The van der Waals surface area contributed by atoms with E-state index in [1.165, 1.54) is 0 Å². The Morgan fingerprint density at radius 1 is 1.41 bits per heavy atom. The van der Waals surface area contributed by atoms with Gasteiger partial charge in [0.1, 0.15) is 0 Å². The van der Waals surface area contributed by atoms with E-state index in [1.54, 1.807) is 12.3 Å². The first-order valence-corrected chi connectivity index (χ1v) is 5.36. The Kier molecular flexibility index (Phi) is 3.34. The zero-order valence-electron chi connectivity index (χ0n) is 10.1. The summed E-state index contributed by atoms with van der Waals surface area (Å²) in [6, 6.07) is 2.11. The predicted octanol–water partition coefficient (Wildman–Crippen LogP) is 1.33. The van der Waals surface area contributed by atoms with E-state index in [-0.39, 0.29) is 0 Å². The standard InChI is InChI=1S/C11H15N5O/c1-7-4-10(16-15-7)17-11-13-6-9(5-12-3)8(2)14-11/h4,6,12H,5H2,1-3H3,(H,15,16). The molecule has 17 heavy (non-hydrogen) atoms. The number of aromatic nitrogens is 4. The largest absolute Gasteiger partial charge is 0.404 e. The maximum absolute atomic E-state index is 5.43. The first-order chi connectivity index (χ1) is 8.19. The van der Waals surface area contributed by atoms with Crippen molar-refractivity contribution >= 4 is 0 Å². The van der Waals surface area contributed by atoms with E-state index in [2.05, 4.69) is 25.5 Å². The van der Waals surface area contributed by atoms with Crippen molar-refractivity contribution in [3.05, 3.63) is 29.2 Å². The quantitative estimate of drug-likeness (QED) is 0.833. The fourth-order valence-corrected chi connectivity index (χ4v) is 1.42. The van der Waals surface area contributed by atoms with Gasteiger partial charge in [0.25, 0.3) is 0 Å². The molecule has 0 radical (unpaired) electrons. The molecule has 0 amide bonds. The van der Waals surface area contributed by atoms with E-state index in [0.29, 0.717) is 11.9 Å². The van der Waals surface area contributed by atoms with Crippen LogP contribution in [0.5, 0.6) is 11.9 Å². The van der Waals surface area contributed by atoms with Gasteiger partial charge in [-0.1, -0.05) is 0 Å². The summed E-state index contributed by atoms with van der Waals surface area (Å²) in [5, 5.41) is 9.81. The van der Waals surface area contributed by atoms with E-state index in [4.69, 9.17) is 4.74 Å². The fourth-order valence-electron chi connectivity index (χ4n) is 1.42. The average Bonchev–Trinajstić information content (AvgIpc) is 2.68. The van der Waals surface area contributed by atoms with Gasteiger partial charge in [-0.3, -0.25) is 5.10 Å². The minimum absolute atomic E-state index is 0.314. The summed E-state index contributed by atoms with van der Waals surface area (Å²) in [6.07, 6.45) is 1.76. The molecule has 0 aromatic carbocycles. The van der Waals surface area contributed by atoms with Gasteiger partial charge in [0.05, 0.1) is 0 Å². The molecule has 0 saturated carbocycles. The maximum Gasteiger partial charge on any atom is 0.323 e. The van der Waals surface area contributed by atoms with Crippen LogP contribution in [0.3, 0.4) is 0 Å². The molecule has 0 aliphatic rings. The number of hydrogen-bond acceptors (Lipinski definition) is 5. The molecular weight excluding hydrogens is 218 g/mol. The number of hydrogen-bond donors (Lipinski definition) is 2. The summed E-state index contributed by atoms with van der Waals surface area (Å²) in [7, 11) is 1.89. The number of nitrogens with one attached hydrogen (secondary N) is 2. The fraction of sp³-hybridized carbons (Fsp3) is 0.364. The lowest BCUT2D eigenvalue weighted by molar-refractivity contribution is 0.421. The third-order valence-electron chi connectivity index (χ3n) is 2.30. The molecule has 2 aromatic heterocycles. The number of nitrogens with zero attached hydrogens (tertiary/aromatic N) is 3. The number of aryl methyl sites for hydroxylation is 2. The average molecular weight is 233 g/mol. The monoisotopic (exact) mass is 233 g/mol. The molecule has 2 heterocycles. The summed E-state index contributed by atoms with van der Waals surface area (Å²) in [6.45, 7) is 4.58. The predicted molar refractivity (Wildman–Crippen MR) is 62.9 cm³/mol. The van der Waals surface area contributed by atoms with Gasteiger partial charge in [0.15, 0.2) is 0 Å². The highest BCUT2D eigenvalue weighted by molar-refractivity contribution is 5.21. The van der Waals surface area contributed by atoms with Crippen molar-refractivity contribution in [1.82, 2.24) is 25.5 Å². The Morgan fingerprint density at radius 3 is 2.82 bits per heavy atom. The molecule has 0 saturated heterocycles. The molecule has 2 N–H and O–H groups in total. The van der Waals surface area contributed by atoms with Crippen molar-refractivity contribution in [2.45, 2.75) is 20.4 Å². The van der Waals surface area contributed by atoms with Crippen LogP contribution in [0.4, 0.5) is 0 Å². The van der Waals surface area contributed by atoms with Crippen LogP contribution in [-0.4, -0.2) is 27.2 Å². The van der Waals surface area contributed by atoms with Crippen LogP contribution in [0.15, 0.2) is 12.3 Å². The molecule has 0 spiro atoms. The highest BCUT2D eigenvalue weighted by atomic mass is 16.5. The van der Waals surface area contributed by atoms with Gasteiger partial charge in [0, 0.05) is 35.8 Å². The Morgan fingerprint density at radius 2 is 2.24 bits per heavy atom. The van der Waals surface area contributed by atoms with Gasteiger partial charge < -0.3 is 10.1 Å². The van der Waals surface area contributed by atoms with Gasteiger partial charge in [0.2, 0.25) is 5.88 Å². The van der Waals surface area contributed by atoms with Crippen LogP contribution in [-0.2, 0) is 6.54 Å². The lowest BCUT2D eigenvalue weighted by Crippen LogP contribution is -2.08. The van der Waals surface area contributed by atoms with Gasteiger partial charge in [-0.2, -0.15) is 4.98 Å². The summed E-state index contributed by atoms with van der Waals surface area (Å²) < 4.78 is 5.43. The van der Waals surface area contributed by atoms with Crippen LogP contribution in [0, 0.1) is 13.8 Å². The molecule has 90 valence electrons. The zero-order valence-corrected chi connectivity index (χ0v) is 10.1. The van der Waals surface area contributed by atoms with Crippen molar-refractivity contribution in [1.29, 1.82) is 0 Å². The van der Waals surface area contributed by atoms with Gasteiger partial charge >= 0.3 is 6.01 Å². The smallest absolute Gasteiger partial charge is 0.323 e. The first kappa shape index (κ1) is 11.5. The molecule has 0 aliphatic heterocycles. The van der Waals surface area contributed by atoms with Crippen molar-refractivity contribution in [3.8, 4) is 11.9 Å². The van der Waals surface area contributed by atoms with Crippen molar-refractivity contribution < 1.29 is 4.74 Å². The Labute approximate surface area is 99.4 Å². The van der Waals surface area contributed by atoms with Crippen molar-refractivity contribution in [3.63, 3.8) is 0 Å². The zero-order chi connectivity index (χ0) is 12.3. The number of aromatic amines is 1. The van der Waals surface area contributed by atoms with Crippen molar-refractivity contribution in [2.24, 2.45) is 0 Å². The van der Waals surface area contributed by atoms with E-state index in [0.717, 1.165) is 23.5 Å². The van der Waals surface area contributed by atoms with E-state index < -0.39 is 0 Å². The van der Waals surface area contributed by atoms with Gasteiger partial charge in [-0.05, 0) is 20.9 Å². The second-order valence-electron chi connectivity index (χ2n) is 3.78. The van der Waals surface area contributed by atoms with Crippen molar-refractivity contribution in [2.75, 3.05) is 7.05 Å². The molecule has 0 atom stereocenters.